The van der Waals surface area contributed by atoms with Gasteiger partial charge in [-0.1, -0.05) is 48.9 Å². The van der Waals surface area contributed by atoms with Gasteiger partial charge in [-0.05, 0) is 48.2 Å². The molecule has 2 aromatic heterocycles. The van der Waals surface area contributed by atoms with E-state index in [1.807, 2.05) is 55.5 Å². The number of primary amides is 1. The molecule has 6 nitrogen and oxygen atoms in total. The molecular formula is C23H21ClN4O2. The van der Waals surface area contributed by atoms with Crippen molar-refractivity contribution < 1.29 is 4.79 Å². The smallest absolute Gasteiger partial charge is 0.264 e. The molecule has 30 heavy (non-hydrogen) atoms. The molecular weight excluding hydrogens is 400 g/mol. The number of rotatable bonds is 3. The van der Waals surface area contributed by atoms with Crippen LogP contribution >= 0.6 is 11.6 Å². The standard InChI is InChI=1S/C17H14ClNO.C6H7N3O/c1-2-13-11-12-7-6-10-15(18)16(12)17(20)19(13)14-8-4-3-5-9-14;7-5-4(6(8)10)2-1-3-9-5/h3-11H,2H2,1H3;1-3H,(H2,7,9)(H2,8,10). The number of hydrogen-bond acceptors (Lipinski definition) is 4. The summed E-state index contributed by atoms with van der Waals surface area (Å²) in [7, 11) is 0. The molecule has 4 N–H and O–H groups in total. The second-order valence-corrected chi connectivity index (χ2v) is 6.88. The number of anilines is 1. The number of amides is 1. The lowest BCUT2D eigenvalue weighted by atomic mass is 10.1. The summed E-state index contributed by atoms with van der Waals surface area (Å²) in [5.74, 6) is -0.374. The van der Waals surface area contributed by atoms with Crippen LogP contribution in [-0.2, 0) is 6.42 Å². The summed E-state index contributed by atoms with van der Waals surface area (Å²) in [5.41, 5.74) is 12.3. The first-order valence-electron chi connectivity index (χ1n) is 9.33. The summed E-state index contributed by atoms with van der Waals surface area (Å²) in [6.07, 6.45) is 2.29. The number of pyridine rings is 2. The fourth-order valence-corrected chi connectivity index (χ4v) is 3.38. The van der Waals surface area contributed by atoms with E-state index in [0.29, 0.717) is 10.4 Å². The summed E-state index contributed by atoms with van der Waals surface area (Å²) >= 11 is 6.20. The van der Waals surface area contributed by atoms with E-state index in [0.717, 1.165) is 23.2 Å². The number of fused-ring (bicyclic) bond motifs is 1. The highest BCUT2D eigenvalue weighted by Crippen LogP contribution is 2.22. The van der Waals surface area contributed by atoms with Crippen LogP contribution in [0.3, 0.4) is 0 Å². The van der Waals surface area contributed by atoms with E-state index in [1.165, 1.54) is 12.3 Å². The zero-order valence-electron chi connectivity index (χ0n) is 16.4. The number of hydrogen-bond donors (Lipinski definition) is 2. The maximum absolute atomic E-state index is 12.8. The largest absolute Gasteiger partial charge is 0.383 e. The Hall–Kier alpha value is -3.64. The summed E-state index contributed by atoms with van der Waals surface area (Å²) < 4.78 is 1.74. The fraction of sp³-hybridized carbons (Fsp3) is 0.0870. The molecule has 152 valence electrons. The van der Waals surface area contributed by atoms with Crippen molar-refractivity contribution in [1.29, 1.82) is 0 Å². The zero-order valence-corrected chi connectivity index (χ0v) is 17.1. The van der Waals surface area contributed by atoms with Crippen LogP contribution in [0.4, 0.5) is 5.82 Å². The first-order valence-corrected chi connectivity index (χ1v) is 9.70. The van der Waals surface area contributed by atoms with Crippen LogP contribution in [0, 0.1) is 0 Å². The molecule has 4 aromatic rings. The molecule has 0 unspecified atom stereocenters. The van der Waals surface area contributed by atoms with Crippen LogP contribution in [0.1, 0.15) is 23.0 Å². The minimum absolute atomic E-state index is 0.0591. The van der Waals surface area contributed by atoms with Crippen LogP contribution in [-0.4, -0.2) is 15.5 Å². The molecule has 4 rings (SSSR count). The van der Waals surface area contributed by atoms with E-state index in [-0.39, 0.29) is 16.9 Å². The number of halogens is 1. The number of aromatic nitrogens is 2. The number of aryl methyl sites for hydroxylation is 1. The summed E-state index contributed by atoms with van der Waals surface area (Å²) in [5, 5.41) is 1.97. The van der Waals surface area contributed by atoms with Gasteiger partial charge < -0.3 is 11.5 Å². The van der Waals surface area contributed by atoms with E-state index in [4.69, 9.17) is 23.1 Å². The molecule has 0 spiro atoms. The van der Waals surface area contributed by atoms with Gasteiger partial charge in [0.05, 0.1) is 16.0 Å². The minimum atomic E-state index is -0.550. The Labute approximate surface area is 178 Å². The first-order chi connectivity index (χ1) is 14.4. The first kappa shape index (κ1) is 21.1. The van der Waals surface area contributed by atoms with Crippen LogP contribution in [0.15, 0.2) is 77.7 Å². The van der Waals surface area contributed by atoms with Crippen LogP contribution in [0.5, 0.6) is 0 Å². The zero-order chi connectivity index (χ0) is 21.7. The lowest BCUT2D eigenvalue weighted by Crippen LogP contribution is -2.22. The molecule has 0 atom stereocenters. The van der Waals surface area contributed by atoms with Gasteiger partial charge in [-0.2, -0.15) is 0 Å². The molecule has 2 heterocycles. The molecule has 0 saturated carbocycles. The van der Waals surface area contributed by atoms with Crippen molar-refractivity contribution >= 4 is 34.1 Å². The maximum Gasteiger partial charge on any atom is 0.264 e. The van der Waals surface area contributed by atoms with Gasteiger partial charge in [0.25, 0.3) is 11.5 Å². The third kappa shape index (κ3) is 4.34. The third-order valence-electron chi connectivity index (χ3n) is 4.55. The van der Waals surface area contributed by atoms with Gasteiger partial charge in [-0.25, -0.2) is 4.98 Å². The van der Waals surface area contributed by atoms with Crippen molar-refractivity contribution in [2.75, 3.05) is 5.73 Å². The van der Waals surface area contributed by atoms with Gasteiger partial charge in [0.2, 0.25) is 0 Å². The van der Waals surface area contributed by atoms with E-state index >= 15 is 0 Å². The van der Waals surface area contributed by atoms with Crippen molar-refractivity contribution in [1.82, 2.24) is 9.55 Å². The highest BCUT2D eigenvalue weighted by atomic mass is 35.5. The van der Waals surface area contributed by atoms with Crippen molar-refractivity contribution in [3.8, 4) is 5.69 Å². The SMILES string of the molecule is CCc1cc2cccc(Cl)c2c(=O)n1-c1ccccc1.NC(=O)c1cccnc1N. The highest BCUT2D eigenvalue weighted by molar-refractivity contribution is 6.35. The number of nitrogen functional groups attached to an aromatic ring is 1. The number of carbonyl (C=O) groups excluding carboxylic acids is 1. The molecule has 0 radical (unpaired) electrons. The van der Waals surface area contributed by atoms with Gasteiger partial charge in [-0.3, -0.25) is 14.2 Å². The van der Waals surface area contributed by atoms with Crippen molar-refractivity contribution in [3.63, 3.8) is 0 Å². The van der Waals surface area contributed by atoms with Crippen molar-refractivity contribution in [3.05, 3.63) is 99.6 Å². The van der Waals surface area contributed by atoms with Gasteiger partial charge >= 0.3 is 0 Å². The number of para-hydroxylation sites is 1. The van der Waals surface area contributed by atoms with Crippen LogP contribution < -0.4 is 17.0 Å². The lowest BCUT2D eigenvalue weighted by Gasteiger charge is -2.14. The second-order valence-electron chi connectivity index (χ2n) is 6.47. The second kappa shape index (κ2) is 9.24. The summed E-state index contributed by atoms with van der Waals surface area (Å²) in [4.78, 5) is 27.0. The normalized spacial score (nSPS) is 10.3. The number of nitrogens with two attached hydrogens (primary N) is 2. The number of nitrogens with zero attached hydrogens (tertiary/aromatic N) is 2. The molecule has 0 aliphatic carbocycles. The third-order valence-corrected chi connectivity index (χ3v) is 4.87. The van der Waals surface area contributed by atoms with E-state index in [1.54, 1.807) is 16.7 Å². The van der Waals surface area contributed by atoms with Gasteiger partial charge in [0.15, 0.2) is 0 Å². The predicted molar refractivity (Wildman–Crippen MR) is 121 cm³/mol. The predicted octanol–water partition coefficient (Wildman–Crippen LogP) is 3.97. The Morgan fingerprint density at radius 1 is 1.07 bits per heavy atom. The summed E-state index contributed by atoms with van der Waals surface area (Å²) in [6.45, 7) is 2.05. The van der Waals surface area contributed by atoms with Crippen LogP contribution in [0.25, 0.3) is 16.5 Å². The average Bonchev–Trinajstić information content (AvgIpc) is 2.74. The molecule has 7 heteroatoms. The van der Waals surface area contributed by atoms with Gasteiger partial charge in [0, 0.05) is 17.6 Å². The Kier molecular flexibility index (Phi) is 6.49. The molecule has 0 bridgehead atoms. The molecule has 0 fully saturated rings. The topological polar surface area (TPSA) is 104 Å². The highest BCUT2D eigenvalue weighted by Gasteiger charge is 2.12. The Bertz CT molecular complexity index is 1250. The Balaban J connectivity index is 0.000000216. The molecule has 0 aliphatic heterocycles. The van der Waals surface area contributed by atoms with Gasteiger partial charge in [0.1, 0.15) is 5.82 Å². The molecule has 1 amide bonds. The molecule has 0 aliphatic rings. The minimum Gasteiger partial charge on any atom is -0.383 e. The quantitative estimate of drug-likeness (QED) is 0.523. The summed E-state index contributed by atoms with van der Waals surface area (Å²) in [6, 6.07) is 20.4. The Morgan fingerprint density at radius 3 is 2.40 bits per heavy atom. The van der Waals surface area contributed by atoms with Crippen molar-refractivity contribution in [2.24, 2.45) is 5.73 Å². The lowest BCUT2D eigenvalue weighted by molar-refractivity contribution is 0.100. The molecule has 0 saturated heterocycles. The Morgan fingerprint density at radius 2 is 1.80 bits per heavy atom. The van der Waals surface area contributed by atoms with Crippen LogP contribution in [0.2, 0.25) is 5.02 Å². The van der Waals surface area contributed by atoms with E-state index in [9.17, 15) is 9.59 Å². The monoisotopic (exact) mass is 420 g/mol. The van der Waals surface area contributed by atoms with Gasteiger partial charge in [-0.15, -0.1) is 0 Å². The fourth-order valence-electron chi connectivity index (χ4n) is 3.12. The van der Waals surface area contributed by atoms with E-state index < -0.39 is 5.91 Å². The maximum atomic E-state index is 12.8. The van der Waals surface area contributed by atoms with Crippen molar-refractivity contribution in [2.45, 2.75) is 13.3 Å². The molecule has 2 aromatic carbocycles. The number of carbonyl (C=O) groups is 1. The average molecular weight is 421 g/mol. The number of benzene rings is 2. The van der Waals surface area contributed by atoms with E-state index in [2.05, 4.69) is 4.98 Å².